The molecular formula is C15H19NO5. The van der Waals surface area contributed by atoms with Gasteiger partial charge in [-0.15, -0.1) is 0 Å². The second kappa shape index (κ2) is 7.64. The number of nitrogens with one attached hydrogen (secondary N) is 1. The first-order valence-corrected chi connectivity index (χ1v) is 6.96. The molecule has 0 spiro atoms. The van der Waals surface area contributed by atoms with Crippen LogP contribution in [0, 0.1) is 0 Å². The van der Waals surface area contributed by atoms with E-state index in [9.17, 15) is 9.59 Å². The molecule has 2 N–H and O–H groups in total. The van der Waals surface area contributed by atoms with Crippen molar-refractivity contribution in [2.45, 2.75) is 38.0 Å². The topological polar surface area (TPSA) is 84.9 Å². The van der Waals surface area contributed by atoms with Crippen LogP contribution in [0.25, 0.3) is 0 Å². The Labute approximate surface area is 123 Å². The van der Waals surface area contributed by atoms with E-state index in [-0.39, 0.29) is 19.1 Å². The number of rotatable bonds is 6. The summed E-state index contributed by atoms with van der Waals surface area (Å²) in [6, 6.07) is 8.73. The molecule has 21 heavy (non-hydrogen) atoms. The fourth-order valence-corrected chi connectivity index (χ4v) is 2.30. The number of ether oxygens (including phenoxy) is 2. The molecule has 1 heterocycles. The van der Waals surface area contributed by atoms with Gasteiger partial charge in [-0.1, -0.05) is 30.3 Å². The molecule has 1 aliphatic heterocycles. The van der Waals surface area contributed by atoms with Crippen LogP contribution < -0.4 is 5.32 Å². The van der Waals surface area contributed by atoms with Crippen LogP contribution in [0.15, 0.2) is 30.3 Å². The van der Waals surface area contributed by atoms with Gasteiger partial charge in [0.2, 0.25) is 0 Å². The van der Waals surface area contributed by atoms with Gasteiger partial charge in [0.1, 0.15) is 6.61 Å². The molecule has 2 rings (SSSR count). The zero-order chi connectivity index (χ0) is 15.1. The minimum atomic E-state index is -0.973. The molecule has 2 atom stereocenters. The Kier molecular flexibility index (Phi) is 5.57. The quantitative estimate of drug-likeness (QED) is 0.837. The molecule has 1 fully saturated rings. The number of carbonyl (C=O) groups is 2. The van der Waals surface area contributed by atoms with E-state index in [1.165, 1.54) is 0 Å². The Hall–Kier alpha value is -2.08. The summed E-state index contributed by atoms with van der Waals surface area (Å²) in [6.45, 7) is 0.750. The first-order chi connectivity index (χ1) is 10.1. The summed E-state index contributed by atoms with van der Waals surface area (Å²) in [6.07, 6.45) is 0.565. The van der Waals surface area contributed by atoms with Gasteiger partial charge in [0, 0.05) is 6.61 Å². The van der Waals surface area contributed by atoms with Crippen molar-refractivity contribution >= 4 is 12.1 Å². The maximum Gasteiger partial charge on any atom is 0.407 e. The average Bonchev–Trinajstić information content (AvgIpc) is 2.99. The molecule has 0 unspecified atom stereocenters. The van der Waals surface area contributed by atoms with E-state index in [1.54, 1.807) is 0 Å². The zero-order valence-electron chi connectivity index (χ0n) is 11.7. The highest BCUT2D eigenvalue weighted by Crippen LogP contribution is 2.18. The number of benzene rings is 1. The van der Waals surface area contributed by atoms with Crippen molar-refractivity contribution in [3.05, 3.63) is 35.9 Å². The van der Waals surface area contributed by atoms with Crippen molar-refractivity contribution in [1.29, 1.82) is 0 Å². The first-order valence-electron chi connectivity index (χ1n) is 6.96. The van der Waals surface area contributed by atoms with Gasteiger partial charge in [-0.25, -0.2) is 4.79 Å². The summed E-state index contributed by atoms with van der Waals surface area (Å²) in [5, 5.41) is 11.5. The van der Waals surface area contributed by atoms with Crippen molar-refractivity contribution in [2.75, 3.05) is 6.61 Å². The Morgan fingerprint density at radius 1 is 1.38 bits per heavy atom. The molecule has 1 saturated heterocycles. The second-order valence-electron chi connectivity index (χ2n) is 4.96. The van der Waals surface area contributed by atoms with E-state index in [1.807, 2.05) is 30.3 Å². The van der Waals surface area contributed by atoms with E-state index in [0.29, 0.717) is 6.61 Å². The molecular weight excluding hydrogens is 274 g/mol. The van der Waals surface area contributed by atoms with Gasteiger partial charge in [-0.05, 0) is 18.4 Å². The first kappa shape index (κ1) is 15.3. The maximum absolute atomic E-state index is 11.8. The van der Waals surface area contributed by atoms with Gasteiger partial charge in [-0.3, -0.25) is 4.79 Å². The standard InChI is InChI=1S/C15H19NO5/c17-14(18)9-12(13-7-4-8-20-13)16-15(19)21-10-11-5-2-1-3-6-11/h1-3,5-6,12-13H,4,7-10H2,(H,16,19)(H,17,18)/t12-,13-/m0/s1. The predicted molar refractivity (Wildman–Crippen MR) is 74.8 cm³/mol. The SMILES string of the molecule is O=C(O)C[C@H](NC(=O)OCc1ccccc1)[C@@H]1CCCO1. The molecule has 6 heteroatoms. The summed E-state index contributed by atoms with van der Waals surface area (Å²) >= 11 is 0. The smallest absolute Gasteiger partial charge is 0.407 e. The minimum absolute atomic E-state index is 0.151. The average molecular weight is 293 g/mol. The van der Waals surface area contributed by atoms with Crippen molar-refractivity contribution < 1.29 is 24.2 Å². The lowest BCUT2D eigenvalue weighted by Crippen LogP contribution is -2.44. The van der Waals surface area contributed by atoms with Crippen LogP contribution in [0.5, 0.6) is 0 Å². The number of alkyl carbamates (subject to hydrolysis) is 1. The van der Waals surface area contributed by atoms with Crippen LogP contribution >= 0.6 is 0 Å². The Balaban J connectivity index is 1.83. The van der Waals surface area contributed by atoms with Gasteiger partial charge in [0.25, 0.3) is 0 Å². The van der Waals surface area contributed by atoms with Crippen molar-refractivity contribution in [3.8, 4) is 0 Å². The molecule has 0 saturated carbocycles. The number of carboxylic acid groups (broad SMARTS) is 1. The van der Waals surface area contributed by atoms with Gasteiger partial charge >= 0.3 is 12.1 Å². The third kappa shape index (κ3) is 5.07. The molecule has 6 nitrogen and oxygen atoms in total. The number of carbonyl (C=O) groups excluding carboxylic acids is 1. The second-order valence-corrected chi connectivity index (χ2v) is 4.96. The number of hydrogen-bond donors (Lipinski definition) is 2. The molecule has 0 aliphatic carbocycles. The van der Waals surface area contributed by atoms with Crippen LogP contribution in [0.3, 0.4) is 0 Å². The van der Waals surface area contributed by atoms with Crippen molar-refractivity contribution in [2.24, 2.45) is 0 Å². The fraction of sp³-hybridized carbons (Fsp3) is 0.467. The van der Waals surface area contributed by atoms with E-state index >= 15 is 0 Å². The molecule has 0 radical (unpaired) electrons. The van der Waals surface area contributed by atoms with Gasteiger partial charge in [0.15, 0.2) is 0 Å². The monoisotopic (exact) mass is 293 g/mol. The Morgan fingerprint density at radius 2 is 2.14 bits per heavy atom. The molecule has 0 aromatic heterocycles. The number of carboxylic acids is 1. The Bertz CT molecular complexity index is 470. The van der Waals surface area contributed by atoms with Crippen molar-refractivity contribution in [3.63, 3.8) is 0 Å². The van der Waals surface area contributed by atoms with E-state index < -0.39 is 18.1 Å². The minimum Gasteiger partial charge on any atom is -0.481 e. The molecule has 1 aliphatic rings. The molecule has 1 aromatic rings. The van der Waals surface area contributed by atoms with Crippen LogP contribution in [0.4, 0.5) is 4.79 Å². The van der Waals surface area contributed by atoms with Crippen LogP contribution in [0.1, 0.15) is 24.8 Å². The maximum atomic E-state index is 11.8. The molecule has 1 aromatic carbocycles. The highest BCUT2D eigenvalue weighted by atomic mass is 16.5. The fourth-order valence-electron chi connectivity index (χ4n) is 2.30. The lowest BCUT2D eigenvalue weighted by molar-refractivity contribution is -0.138. The van der Waals surface area contributed by atoms with Gasteiger partial charge in [0.05, 0.1) is 18.6 Å². The van der Waals surface area contributed by atoms with Crippen LogP contribution in [-0.2, 0) is 20.9 Å². The third-order valence-corrected chi connectivity index (χ3v) is 3.32. The van der Waals surface area contributed by atoms with E-state index in [2.05, 4.69) is 5.32 Å². The third-order valence-electron chi connectivity index (χ3n) is 3.32. The normalized spacial score (nSPS) is 19.0. The molecule has 114 valence electrons. The Morgan fingerprint density at radius 3 is 2.76 bits per heavy atom. The van der Waals surface area contributed by atoms with Gasteiger partial charge in [-0.2, -0.15) is 0 Å². The summed E-state index contributed by atoms with van der Waals surface area (Å²) in [5.74, 6) is -0.973. The van der Waals surface area contributed by atoms with Crippen LogP contribution in [0.2, 0.25) is 0 Å². The summed E-state index contributed by atoms with van der Waals surface area (Å²) in [5.41, 5.74) is 0.875. The lowest BCUT2D eigenvalue weighted by Gasteiger charge is -2.22. The predicted octanol–water partition coefficient (Wildman–Crippen LogP) is 1.94. The van der Waals surface area contributed by atoms with Crippen LogP contribution in [-0.4, -0.2) is 35.9 Å². The summed E-state index contributed by atoms with van der Waals surface area (Å²) < 4.78 is 10.5. The summed E-state index contributed by atoms with van der Waals surface area (Å²) in [4.78, 5) is 22.7. The largest absolute Gasteiger partial charge is 0.481 e. The van der Waals surface area contributed by atoms with E-state index in [4.69, 9.17) is 14.6 Å². The highest BCUT2D eigenvalue weighted by Gasteiger charge is 2.29. The van der Waals surface area contributed by atoms with E-state index in [0.717, 1.165) is 18.4 Å². The molecule has 0 bridgehead atoms. The zero-order valence-corrected chi connectivity index (χ0v) is 11.7. The number of hydrogen-bond acceptors (Lipinski definition) is 4. The number of amides is 1. The number of aliphatic carboxylic acids is 1. The molecule has 1 amide bonds. The van der Waals surface area contributed by atoms with Gasteiger partial charge < -0.3 is 19.9 Å². The highest BCUT2D eigenvalue weighted by molar-refractivity contribution is 5.71. The summed E-state index contributed by atoms with van der Waals surface area (Å²) in [7, 11) is 0. The lowest BCUT2D eigenvalue weighted by atomic mass is 10.1. The van der Waals surface area contributed by atoms with Crippen molar-refractivity contribution in [1.82, 2.24) is 5.32 Å².